The Labute approximate surface area is 51.2 Å². The van der Waals surface area contributed by atoms with Crippen molar-refractivity contribution in [2.75, 3.05) is 13.7 Å². The molecule has 0 aromatic rings. The summed E-state index contributed by atoms with van der Waals surface area (Å²) in [5.41, 5.74) is 2.78. The van der Waals surface area contributed by atoms with Crippen LogP contribution in [0.4, 0.5) is 0 Å². The summed E-state index contributed by atoms with van der Waals surface area (Å²) in [5, 5.41) is 0. The van der Waals surface area contributed by atoms with E-state index >= 15 is 0 Å². The van der Waals surface area contributed by atoms with Gasteiger partial charge in [-0.15, -0.1) is 0 Å². The van der Waals surface area contributed by atoms with Gasteiger partial charge in [-0.3, -0.25) is 0 Å². The van der Waals surface area contributed by atoms with Crippen molar-refractivity contribution >= 4 is 0 Å². The molecule has 0 aromatic heterocycles. The summed E-state index contributed by atoms with van der Waals surface area (Å²) >= 11 is 0. The minimum absolute atomic E-state index is 0.762. The molecule has 0 unspecified atom stereocenters. The van der Waals surface area contributed by atoms with Crippen LogP contribution in [0.25, 0.3) is 0 Å². The largest absolute Gasteiger partial charge is 0.305 e. The Morgan fingerprint density at radius 2 is 2.12 bits per heavy atom. The molecule has 0 bridgehead atoms. The van der Waals surface area contributed by atoms with Crippen LogP contribution in [0, 0.1) is 5.92 Å². The molecule has 0 aliphatic rings. The maximum absolute atomic E-state index is 4.64. The molecule has 0 fully saturated rings. The van der Waals surface area contributed by atoms with Crippen molar-refractivity contribution in [2.45, 2.75) is 20.3 Å². The standard InChI is InChI=1S/C6H15NO/c1-6(2)4-5-7-8-3/h6-7H,4-5H2,1-3H3. The molecule has 0 saturated carbocycles. The molecular formula is C6H15NO. The van der Waals surface area contributed by atoms with Gasteiger partial charge in [-0.25, -0.2) is 5.48 Å². The lowest BCUT2D eigenvalue weighted by molar-refractivity contribution is 0.0884. The topological polar surface area (TPSA) is 21.3 Å². The van der Waals surface area contributed by atoms with Gasteiger partial charge in [0.2, 0.25) is 0 Å². The first-order valence-electron chi connectivity index (χ1n) is 3.03. The Hall–Kier alpha value is -0.0800. The number of hydrogen-bond donors (Lipinski definition) is 1. The molecule has 0 aliphatic carbocycles. The average Bonchev–Trinajstić information content (AvgIpc) is 1.66. The van der Waals surface area contributed by atoms with Crippen molar-refractivity contribution in [1.29, 1.82) is 0 Å². The molecule has 0 aliphatic heterocycles. The normalized spacial score (nSPS) is 10.5. The van der Waals surface area contributed by atoms with Crippen molar-refractivity contribution in [1.82, 2.24) is 5.48 Å². The second kappa shape index (κ2) is 5.06. The van der Waals surface area contributed by atoms with Gasteiger partial charge in [0, 0.05) is 6.54 Å². The number of rotatable bonds is 4. The molecule has 0 rings (SSSR count). The van der Waals surface area contributed by atoms with Crippen LogP contribution >= 0.6 is 0 Å². The Bertz CT molecular complexity index is 45.8. The van der Waals surface area contributed by atoms with E-state index in [2.05, 4.69) is 24.2 Å². The molecule has 0 radical (unpaired) electrons. The third-order valence-corrected chi connectivity index (χ3v) is 0.968. The van der Waals surface area contributed by atoms with E-state index in [1.165, 1.54) is 6.42 Å². The Balaban J connectivity index is 2.72. The summed E-state index contributed by atoms with van der Waals surface area (Å²) in [6.07, 6.45) is 1.17. The third kappa shape index (κ3) is 5.92. The summed E-state index contributed by atoms with van der Waals surface area (Å²) in [4.78, 5) is 4.64. The smallest absolute Gasteiger partial charge is 0.0572 e. The number of hydroxylamine groups is 1. The maximum atomic E-state index is 4.64. The fraction of sp³-hybridized carbons (Fsp3) is 1.00. The van der Waals surface area contributed by atoms with Gasteiger partial charge in [-0.1, -0.05) is 13.8 Å². The first-order chi connectivity index (χ1) is 3.77. The van der Waals surface area contributed by atoms with Gasteiger partial charge in [0.15, 0.2) is 0 Å². The van der Waals surface area contributed by atoms with Gasteiger partial charge in [0.05, 0.1) is 7.11 Å². The third-order valence-electron chi connectivity index (χ3n) is 0.968. The molecule has 0 aromatic carbocycles. The Morgan fingerprint density at radius 3 is 2.50 bits per heavy atom. The lowest BCUT2D eigenvalue weighted by atomic mass is 10.1. The Kier molecular flexibility index (Phi) is 5.01. The molecule has 50 valence electrons. The molecule has 0 atom stereocenters. The summed E-state index contributed by atoms with van der Waals surface area (Å²) < 4.78 is 0. The summed E-state index contributed by atoms with van der Waals surface area (Å²) in [5.74, 6) is 0.762. The number of nitrogens with one attached hydrogen (secondary N) is 1. The van der Waals surface area contributed by atoms with E-state index in [0.717, 1.165) is 12.5 Å². The van der Waals surface area contributed by atoms with Crippen LogP contribution in [-0.2, 0) is 4.84 Å². The van der Waals surface area contributed by atoms with Crippen LogP contribution in [-0.4, -0.2) is 13.7 Å². The fourth-order valence-electron chi connectivity index (χ4n) is 0.450. The van der Waals surface area contributed by atoms with Crippen molar-refractivity contribution in [3.05, 3.63) is 0 Å². The van der Waals surface area contributed by atoms with Crippen molar-refractivity contribution in [3.63, 3.8) is 0 Å². The molecule has 2 heteroatoms. The predicted octanol–water partition coefficient (Wildman–Crippen LogP) is 1.18. The Morgan fingerprint density at radius 1 is 1.50 bits per heavy atom. The molecule has 0 heterocycles. The molecule has 1 N–H and O–H groups in total. The lowest BCUT2D eigenvalue weighted by Gasteiger charge is -2.02. The minimum Gasteiger partial charge on any atom is -0.305 e. The summed E-state index contributed by atoms with van der Waals surface area (Å²) in [7, 11) is 1.64. The highest BCUT2D eigenvalue weighted by Gasteiger charge is 1.90. The maximum Gasteiger partial charge on any atom is 0.0572 e. The van der Waals surface area contributed by atoms with Crippen molar-refractivity contribution in [2.24, 2.45) is 5.92 Å². The van der Waals surface area contributed by atoms with Crippen LogP contribution in [0.15, 0.2) is 0 Å². The molecule has 2 nitrogen and oxygen atoms in total. The molecule has 0 spiro atoms. The van der Waals surface area contributed by atoms with Crippen molar-refractivity contribution in [3.8, 4) is 0 Å². The van der Waals surface area contributed by atoms with Crippen molar-refractivity contribution < 1.29 is 4.84 Å². The second-order valence-corrected chi connectivity index (χ2v) is 2.28. The predicted molar refractivity (Wildman–Crippen MR) is 34.5 cm³/mol. The lowest BCUT2D eigenvalue weighted by Crippen LogP contribution is -2.14. The van der Waals surface area contributed by atoms with Gasteiger partial charge >= 0.3 is 0 Å². The highest BCUT2D eigenvalue weighted by molar-refractivity contribution is 4.43. The zero-order valence-corrected chi connectivity index (χ0v) is 5.90. The molecule has 0 saturated heterocycles. The average molecular weight is 117 g/mol. The highest BCUT2D eigenvalue weighted by atomic mass is 16.6. The monoisotopic (exact) mass is 117 g/mol. The summed E-state index contributed by atoms with van der Waals surface area (Å²) in [6.45, 7) is 5.34. The minimum atomic E-state index is 0.762. The molecular weight excluding hydrogens is 102 g/mol. The quantitative estimate of drug-likeness (QED) is 0.441. The van der Waals surface area contributed by atoms with E-state index in [1.54, 1.807) is 7.11 Å². The molecule has 8 heavy (non-hydrogen) atoms. The van der Waals surface area contributed by atoms with E-state index in [9.17, 15) is 0 Å². The van der Waals surface area contributed by atoms with Gasteiger partial charge < -0.3 is 4.84 Å². The van der Waals surface area contributed by atoms with Gasteiger partial charge in [0.1, 0.15) is 0 Å². The van der Waals surface area contributed by atoms with Crippen LogP contribution in [0.2, 0.25) is 0 Å². The van der Waals surface area contributed by atoms with E-state index in [0.29, 0.717) is 0 Å². The van der Waals surface area contributed by atoms with Gasteiger partial charge in [-0.05, 0) is 12.3 Å². The zero-order valence-electron chi connectivity index (χ0n) is 5.90. The number of hydrogen-bond acceptors (Lipinski definition) is 2. The van der Waals surface area contributed by atoms with E-state index in [4.69, 9.17) is 0 Å². The van der Waals surface area contributed by atoms with Crippen LogP contribution in [0.5, 0.6) is 0 Å². The first-order valence-corrected chi connectivity index (χ1v) is 3.03. The van der Waals surface area contributed by atoms with E-state index in [1.807, 2.05) is 0 Å². The molecule has 0 amide bonds. The van der Waals surface area contributed by atoms with E-state index < -0.39 is 0 Å². The van der Waals surface area contributed by atoms with Gasteiger partial charge in [0.25, 0.3) is 0 Å². The van der Waals surface area contributed by atoms with Gasteiger partial charge in [-0.2, -0.15) is 0 Å². The highest BCUT2D eigenvalue weighted by Crippen LogP contribution is 1.95. The summed E-state index contributed by atoms with van der Waals surface area (Å²) in [6, 6.07) is 0. The fourth-order valence-corrected chi connectivity index (χ4v) is 0.450. The van der Waals surface area contributed by atoms with Crippen LogP contribution < -0.4 is 5.48 Å². The van der Waals surface area contributed by atoms with Crippen LogP contribution in [0.1, 0.15) is 20.3 Å². The van der Waals surface area contributed by atoms with E-state index in [-0.39, 0.29) is 0 Å². The first kappa shape index (κ1) is 7.92. The van der Waals surface area contributed by atoms with Crippen LogP contribution in [0.3, 0.4) is 0 Å². The second-order valence-electron chi connectivity index (χ2n) is 2.28. The SMILES string of the molecule is CONCCC(C)C. The zero-order chi connectivity index (χ0) is 6.41.